The van der Waals surface area contributed by atoms with E-state index in [9.17, 15) is 5.11 Å². The van der Waals surface area contributed by atoms with Gasteiger partial charge in [0, 0.05) is 31.7 Å². The fraction of sp³-hybridized carbons (Fsp3) is 0.625. The Labute approximate surface area is 110 Å². The number of nitrogens with zero attached hydrogens (tertiary/aromatic N) is 1. The molecule has 0 atom stereocenters. The Morgan fingerprint density at radius 3 is 2.17 bits per heavy atom. The molecule has 2 aliphatic rings. The molecule has 1 aliphatic heterocycles. The zero-order valence-electron chi connectivity index (χ0n) is 11.1. The second-order valence-electron chi connectivity index (χ2n) is 6.13. The van der Waals surface area contributed by atoms with Gasteiger partial charge in [-0.2, -0.15) is 0 Å². The lowest BCUT2D eigenvalue weighted by Gasteiger charge is -2.38. The van der Waals surface area contributed by atoms with E-state index in [-0.39, 0.29) is 5.41 Å². The van der Waals surface area contributed by atoms with Crippen LogP contribution in [-0.2, 0) is 13.1 Å². The number of aliphatic hydroxyl groups excluding tert-OH is 1. The Hall–Kier alpha value is -0.860. The van der Waals surface area contributed by atoms with Crippen molar-refractivity contribution in [3.8, 4) is 0 Å². The molecule has 1 N–H and O–H groups in total. The number of fused-ring (bicyclic) bond motifs is 1. The highest BCUT2D eigenvalue weighted by molar-refractivity contribution is 5.30. The van der Waals surface area contributed by atoms with Gasteiger partial charge in [0.25, 0.3) is 0 Å². The van der Waals surface area contributed by atoms with Gasteiger partial charge in [-0.1, -0.05) is 43.5 Å². The van der Waals surface area contributed by atoms with Crippen molar-refractivity contribution in [1.29, 1.82) is 0 Å². The number of rotatable bonds is 3. The van der Waals surface area contributed by atoms with Crippen molar-refractivity contribution >= 4 is 0 Å². The first-order valence-electron chi connectivity index (χ1n) is 7.21. The van der Waals surface area contributed by atoms with Crippen molar-refractivity contribution in [3.05, 3.63) is 35.4 Å². The molecule has 1 aromatic rings. The molecule has 1 aromatic carbocycles. The summed E-state index contributed by atoms with van der Waals surface area (Å²) in [6, 6.07) is 8.74. The van der Waals surface area contributed by atoms with E-state index >= 15 is 0 Å². The highest BCUT2D eigenvalue weighted by Gasteiger charge is 2.34. The zero-order valence-corrected chi connectivity index (χ0v) is 11.1. The minimum atomic E-state index is 0.181. The summed E-state index contributed by atoms with van der Waals surface area (Å²) in [6.45, 7) is 3.56. The molecule has 18 heavy (non-hydrogen) atoms. The van der Waals surface area contributed by atoms with Gasteiger partial charge in [-0.15, -0.1) is 0 Å². The predicted octanol–water partition coefficient (Wildman–Crippen LogP) is 2.95. The van der Waals surface area contributed by atoms with Crippen molar-refractivity contribution in [2.75, 3.05) is 13.2 Å². The normalized spacial score (nSPS) is 22.9. The van der Waals surface area contributed by atoms with Crippen molar-refractivity contribution in [3.63, 3.8) is 0 Å². The van der Waals surface area contributed by atoms with Crippen LogP contribution in [0.3, 0.4) is 0 Å². The molecular weight excluding hydrogens is 222 g/mol. The van der Waals surface area contributed by atoms with E-state index in [1.165, 1.54) is 43.2 Å². The molecule has 0 saturated heterocycles. The molecule has 1 fully saturated rings. The van der Waals surface area contributed by atoms with Gasteiger partial charge >= 0.3 is 0 Å². The van der Waals surface area contributed by atoms with Gasteiger partial charge in [0.2, 0.25) is 0 Å². The van der Waals surface area contributed by atoms with E-state index in [0.717, 1.165) is 19.6 Å². The maximum atomic E-state index is 9.79. The van der Waals surface area contributed by atoms with Crippen LogP contribution >= 0.6 is 0 Å². The second-order valence-corrected chi connectivity index (χ2v) is 6.13. The van der Waals surface area contributed by atoms with E-state index in [2.05, 4.69) is 29.2 Å². The quantitative estimate of drug-likeness (QED) is 0.885. The van der Waals surface area contributed by atoms with Crippen molar-refractivity contribution in [2.24, 2.45) is 5.41 Å². The Bertz CT molecular complexity index is 384. The topological polar surface area (TPSA) is 23.5 Å². The third-order valence-electron chi connectivity index (χ3n) is 4.71. The standard InChI is InChI=1S/C16H23NO/c18-13-16(8-4-1-5-9-16)12-17-10-14-6-2-3-7-15(14)11-17/h2-3,6-7,18H,1,4-5,8-13H2. The highest BCUT2D eigenvalue weighted by atomic mass is 16.3. The maximum absolute atomic E-state index is 9.79. The summed E-state index contributed by atoms with van der Waals surface area (Å²) in [6.07, 6.45) is 6.34. The molecule has 1 heterocycles. The summed E-state index contributed by atoms with van der Waals surface area (Å²) in [5.74, 6) is 0. The molecular formula is C16H23NO. The van der Waals surface area contributed by atoms with Crippen LogP contribution in [-0.4, -0.2) is 23.2 Å². The average Bonchev–Trinajstić information content (AvgIpc) is 2.81. The van der Waals surface area contributed by atoms with E-state index < -0.39 is 0 Å². The molecule has 2 heteroatoms. The fourth-order valence-corrected chi connectivity index (χ4v) is 3.66. The Kier molecular flexibility index (Phi) is 3.40. The highest BCUT2D eigenvalue weighted by Crippen LogP contribution is 2.38. The minimum Gasteiger partial charge on any atom is -0.396 e. The van der Waals surface area contributed by atoms with Gasteiger partial charge in [0.15, 0.2) is 0 Å². The number of aliphatic hydroxyl groups is 1. The van der Waals surface area contributed by atoms with E-state index in [1.54, 1.807) is 0 Å². The van der Waals surface area contributed by atoms with E-state index in [0.29, 0.717) is 6.61 Å². The Morgan fingerprint density at radius 2 is 1.61 bits per heavy atom. The van der Waals surface area contributed by atoms with Crippen molar-refractivity contribution in [1.82, 2.24) is 4.90 Å². The predicted molar refractivity (Wildman–Crippen MR) is 73.2 cm³/mol. The first-order valence-corrected chi connectivity index (χ1v) is 7.21. The lowest BCUT2D eigenvalue weighted by Crippen LogP contribution is -2.39. The third-order valence-corrected chi connectivity index (χ3v) is 4.71. The van der Waals surface area contributed by atoms with Crippen molar-refractivity contribution < 1.29 is 5.11 Å². The second kappa shape index (κ2) is 5.02. The van der Waals surface area contributed by atoms with Crippen molar-refractivity contribution in [2.45, 2.75) is 45.2 Å². The maximum Gasteiger partial charge on any atom is 0.0499 e. The summed E-state index contributed by atoms with van der Waals surface area (Å²) >= 11 is 0. The van der Waals surface area contributed by atoms with Crippen LogP contribution in [0, 0.1) is 5.41 Å². The van der Waals surface area contributed by atoms with Gasteiger partial charge in [-0.25, -0.2) is 0 Å². The first-order chi connectivity index (χ1) is 8.81. The molecule has 98 valence electrons. The van der Waals surface area contributed by atoms with Crippen LogP contribution in [0.4, 0.5) is 0 Å². The molecule has 1 saturated carbocycles. The van der Waals surface area contributed by atoms with Crippen LogP contribution in [0.5, 0.6) is 0 Å². The van der Waals surface area contributed by atoms with Crippen LogP contribution in [0.15, 0.2) is 24.3 Å². The summed E-state index contributed by atoms with van der Waals surface area (Å²) < 4.78 is 0. The number of hydrogen-bond donors (Lipinski definition) is 1. The Morgan fingerprint density at radius 1 is 1.00 bits per heavy atom. The third kappa shape index (κ3) is 2.32. The van der Waals surface area contributed by atoms with E-state index in [4.69, 9.17) is 0 Å². The van der Waals surface area contributed by atoms with Crippen LogP contribution in [0.2, 0.25) is 0 Å². The summed E-state index contributed by atoms with van der Waals surface area (Å²) in [5.41, 5.74) is 3.13. The van der Waals surface area contributed by atoms with E-state index in [1.807, 2.05) is 0 Å². The van der Waals surface area contributed by atoms with Gasteiger partial charge in [0.05, 0.1) is 0 Å². The molecule has 1 aliphatic carbocycles. The summed E-state index contributed by atoms with van der Waals surface area (Å²) in [5, 5.41) is 9.79. The minimum absolute atomic E-state index is 0.181. The number of hydrogen-bond acceptors (Lipinski definition) is 2. The lowest BCUT2D eigenvalue weighted by molar-refractivity contribution is 0.0391. The van der Waals surface area contributed by atoms with Crippen LogP contribution < -0.4 is 0 Å². The molecule has 2 nitrogen and oxygen atoms in total. The number of benzene rings is 1. The largest absolute Gasteiger partial charge is 0.396 e. The lowest BCUT2D eigenvalue weighted by atomic mass is 9.74. The van der Waals surface area contributed by atoms with Crippen LogP contribution in [0.25, 0.3) is 0 Å². The SMILES string of the molecule is OCC1(CN2Cc3ccccc3C2)CCCCC1. The molecule has 3 rings (SSSR count). The molecule has 0 bridgehead atoms. The molecule has 0 unspecified atom stereocenters. The van der Waals surface area contributed by atoms with Gasteiger partial charge in [0.1, 0.15) is 0 Å². The summed E-state index contributed by atoms with van der Waals surface area (Å²) in [7, 11) is 0. The Balaban J connectivity index is 1.67. The zero-order chi connectivity index (χ0) is 12.4. The summed E-state index contributed by atoms with van der Waals surface area (Å²) in [4.78, 5) is 2.52. The monoisotopic (exact) mass is 245 g/mol. The van der Waals surface area contributed by atoms with Gasteiger partial charge in [-0.3, -0.25) is 4.90 Å². The molecule has 0 spiro atoms. The molecule has 0 amide bonds. The van der Waals surface area contributed by atoms with Crippen LogP contribution in [0.1, 0.15) is 43.2 Å². The molecule has 0 aromatic heterocycles. The fourth-order valence-electron chi connectivity index (χ4n) is 3.66. The van der Waals surface area contributed by atoms with Gasteiger partial charge in [-0.05, 0) is 24.0 Å². The smallest absolute Gasteiger partial charge is 0.0499 e. The average molecular weight is 245 g/mol. The van der Waals surface area contributed by atoms with Gasteiger partial charge < -0.3 is 5.11 Å². The first kappa shape index (κ1) is 12.2. The molecule has 0 radical (unpaired) electrons.